The Morgan fingerprint density at radius 1 is 1.50 bits per heavy atom. The molecule has 1 unspecified atom stereocenters. The molecule has 1 rings (SSSR count). The standard InChI is InChI=1S/C9H13N5O4/c1-5(8(17)11-9(18)10-2)14-4-6(12-13-14)3-7(15)16/h4-5H,3H2,1-2H3,(H,15,16)(H2,10,11,17,18). The van der Waals surface area contributed by atoms with E-state index in [1.165, 1.54) is 24.9 Å². The summed E-state index contributed by atoms with van der Waals surface area (Å²) in [7, 11) is 1.38. The summed E-state index contributed by atoms with van der Waals surface area (Å²) in [6, 6.07) is -1.39. The zero-order chi connectivity index (χ0) is 13.7. The molecule has 1 aromatic rings. The number of carboxylic acids is 1. The van der Waals surface area contributed by atoms with Crippen molar-refractivity contribution in [1.29, 1.82) is 0 Å². The Labute approximate surface area is 102 Å². The first-order valence-electron chi connectivity index (χ1n) is 5.09. The first kappa shape index (κ1) is 13.6. The second kappa shape index (κ2) is 5.75. The third-order valence-electron chi connectivity index (χ3n) is 2.13. The number of hydrogen-bond acceptors (Lipinski definition) is 5. The molecule has 0 aliphatic heterocycles. The van der Waals surface area contributed by atoms with Crippen LogP contribution in [0.25, 0.3) is 0 Å². The van der Waals surface area contributed by atoms with Crippen LogP contribution >= 0.6 is 0 Å². The highest BCUT2D eigenvalue weighted by molar-refractivity contribution is 5.95. The van der Waals surface area contributed by atoms with Gasteiger partial charge >= 0.3 is 12.0 Å². The predicted octanol–water partition coefficient (Wildman–Crippen LogP) is -1.08. The van der Waals surface area contributed by atoms with Gasteiger partial charge in [0.15, 0.2) is 0 Å². The van der Waals surface area contributed by atoms with E-state index in [0.717, 1.165) is 0 Å². The second-order valence-corrected chi connectivity index (χ2v) is 3.50. The van der Waals surface area contributed by atoms with Crippen molar-refractivity contribution in [2.75, 3.05) is 7.05 Å². The topological polar surface area (TPSA) is 126 Å². The van der Waals surface area contributed by atoms with E-state index in [0.29, 0.717) is 0 Å². The van der Waals surface area contributed by atoms with Crippen LogP contribution < -0.4 is 10.6 Å². The zero-order valence-electron chi connectivity index (χ0n) is 9.88. The van der Waals surface area contributed by atoms with Gasteiger partial charge in [-0.25, -0.2) is 9.48 Å². The Bertz CT molecular complexity index is 469. The van der Waals surface area contributed by atoms with Gasteiger partial charge < -0.3 is 10.4 Å². The summed E-state index contributed by atoms with van der Waals surface area (Å²) in [5.41, 5.74) is 0.238. The minimum atomic E-state index is -1.04. The largest absolute Gasteiger partial charge is 0.481 e. The number of rotatable bonds is 4. The maximum atomic E-state index is 11.6. The lowest BCUT2D eigenvalue weighted by Crippen LogP contribution is -2.40. The van der Waals surface area contributed by atoms with E-state index in [2.05, 4.69) is 20.9 Å². The molecule has 0 saturated carbocycles. The Kier molecular flexibility index (Phi) is 4.35. The second-order valence-electron chi connectivity index (χ2n) is 3.50. The lowest BCUT2D eigenvalue weighted by molar-refractivity contribution is -0.136. The maximum Gasteiger partial charge on any atom is 0.321 e. The molecule has 98 valence electrons. The highest BCUT2D eigenvalue weighted by atomic mass is 16.4. The molecular formula is C9H13N5O4. The van der Waals surface area contributed by atoms with Crippen LogP contribution in [0.3, 0.4) is 0 Å². The van der Waals surface area contributed by atoms with Gasteiger partial charge in [0.05, 0.1) is 12.1 Å². The highest BCUT2D eigenvalue weighted by Gasteiger charge is 2.19. The normalized spacial score (nSPS) is 11.7. The predicted molar refractivity (Wildman–Crippen MR) is 58.7 cm³/mol. The first-order chi connectivity index (χ1) is 8.43. The Morgan fingerprint density at radius 2 is 2.17 bits per heavy atom. The van der Waals surface area contributed by atoms with E-state index in [9.17, 15) is 14.4 Å². The van der Waals surface area contributed by atoms with Gasteiger partial charge in [-0.3, -0.25) is 14.9 Å². The molecule has 0 aromatic carbocycles. The van der Waals surface area contributed by atoms with Gasteiger partial charge in [0.1, 0.15) is 6.04 Å². The molecule has 9 heteroatoms. The van der Waals surface area contributed by atoms with Crippen molar-refractivity contribution in [3.8, 4) is 0 Å². The van der Waals surface area contributed by atoms with Crippen LogP contribution in [-0.4, -0.2) is 45.1 Å². The van der Waals surface area contributed by atoms with E-state index in [4.69, 9.17) is 5.11 Å². The highest BCUT2D eigenvalue weighted by Crippen LogP contribution is 2.05. The summed E-state index contributed by atoms with van der Waals surface area (Å²) in [4.78, 5) is 33.0. The van der Waals surface area contributed by atoms with Crippen LogP contribution in [0, 0.1) is 0 Å². The molecule has 1 heterocycles. The Balaban J connectivity index is 2.68. The molecule has 3 N–H and O–H groups in total. The molecule has 1 aromatic heterocycles. The molecule has 0 spiro atoms. The number of carbonyl (C=O) groups is 3. The van der Waals surface area contributed by atoms with Gasteiger partial charge in [-0.05, 0) is 6.92 Å². The monoisotopic (exact) mass is 255 g/mol. The number of carboxylic acid groups (broad SMARTS) is 1. The SMILES string of the molecule is CNC(=O)NC(=O)C(C)n1cc(CC(=O)O)nn1. The average Bonchev–Trinajstić information content (AvgIpc) is 2.75. The minimum absolute atomic E-state index is 0.238. The van der Waals surface area contributed by atoms with Gasteiger partial charge in [0.25, 0.3) is 5.91 Å². The van der Waals surface area contributed by atoms with Crippen LogP contribution in [0.5, 0.6) is 0 Å². The molecule has 0 bridgehead atoms. The molecule has 1 atom stereocenters. The van der Waals surface area contributed by atoms with E-state index in [1.54, 1.807) is 0 Å². The van der Waals surface area contributed by atoms with Gasteiger partial charge in [-0.15, -0.1) is 5.10 Å². The van der Waals surface area contributed by atoms with Crippen LogP contribution in [0.4, 0.5) is 4.79 Å². The average molecular weight is 255 g/mol. The molecule has 9 nitrogen and oxygen atoms in total. The molecule has 0 aliphatic rings. The molecule has 0 saturated heterocycles. The fourth-order valence-electron chi connectivity index (χ4n) is 1.14. The van der Waals surface area contributed by atoms with Crippen molar-refractivity contribution < 1.29 is 19.5 Å². The summed E-state index contributed by atoms with van der Waals surface area (Å²) in [6.45, 7) is 1.51. The van der Waals surface area contributed by atoms with E-state index >= 15 is 0 Å². The number of aliphatic carboxylic acids is 1. The fraction of sp³-hybridized carbons (Fsp3) is 0.444. The van der Waals surface area contributed by atoms with Crippen LogP contribution in [0.1, 0.15) is 18.7 Å². The summed E-state index contributed by atoms with van der Waals surface area (Å²) in [5, 5.41) is 20.1. The molecular weight excluding hydrogens is 242 g/mol. The number of aromatic nitrogens is 3. The number of nitrogens with one attached hydrogen (secondary N) is 2. The molecule has 18 heavy (non-hydrogen) atoms. The van der Waals surface area contributed by atoms with Crippen molar-refractivity contribution in [1.82, 2.24) is 25.6 Å². The van der Waals surface area contributed by atoms with E-state index in [-0.39, 0.29) is 12.1 Å². The summed E-state index contributed by atoms with van der Waals surface area (Å²) in [5.74, 6) is -1.61. The molecule has 0 aliphatic carbocycles. The van der Waals surface area contributed by atoms with Gasteiger partial charge in [0, 0.05) is 13.2 Å². The van der Waals surface area contributed by atoms with Crippen LogP contribution in [0.15, 0.2) is 6.20 Å². The van der Waals surface area contributed by atoms with E-state index < -0.39 is 23.9 Å². The van der Waals surface area contributed by atoms with Gasteiger partial charge in [-0.2, -0.15) is 0 Å². The van der Waals surface area contributed by atoms with E-state index in [1.807, 2.05) is 0 Å². The Hall–Kier alpha value is -2.45. The van der Waals surface area contributed by atoms with Gasteiger partial charge in [0.2, 0.25) is 0 Å². The van der Waals surface area contributed by atoms with Crippen molar-refractivity contribution in [2.24, 2.45) is 0 Å². The smallest absolute Gasteiger partial charge is 0.321 e. The minimum Gasteiger partial charge on any atom is -0.481 e. The van der Waals surface area contributed by atoms with Crippen molar-refractivity contribution >= 4 is 17.9 Å². The lowest BCUT2D eigenvalue weighted by Gasteiger charge is -2.10. The first-order valence-corrected chi connectivity index (χ1v) is 5.09. The molecule has 0 fully saturated rings. The van der Waals surface area contributed by atoms with Crippen molar-refractivity contribution in [3.05, 3.63) is 11.9 Å². The summed E-state index contributed by atoms with van der Waals surface area (Å²) >= 11 is 0. The number of urea groups is 1. The number of hydrogen-bond donors (Lipinski definition) is 3. The quantitative estimate of drug-likeness (QED) is 0.628. The number of amides is 3. The number of nitrogens with zero attached hydrogens (tertiary/aromatic N) is 3. The zero-order valence-corrected chi connectivity index (χ0v) is 9.88. The summed E-state index contributed by atoms with van der Waals surface area (Å²) < 4.78 is 1.19. The third kappa shape index (κ3) is 3.54. The Morgan fingerprint density at radius 3 is 2.72 bits per heavy atom. The number of carbonyl (C=O) groups excluding carboxylic acids is 2. The third-order valence-corrected chi connectivity index (χ3v) is 2.13. The number of imide groups is 1. The molecule has 3 amide bonds. The van der Waals surface area contributed by atoms with Crippen molar-refractivity contribution in [2.45, 2.75) is 19.4 Å². The summed E-state index contributed by atoms with van der Waals surface area (Å²) in [6.07, 6.45) is 1.08. The lowest BCUT2D eigenvalue weighted by atomic mass is 10.3. The molecule has 0 radical (unpaired) electrons. The maximum absolute atomic E-state index is 11.6. The van der Waals surface area contributed by atoms with Gasteiger partial charge in [-0.1, -0.05) is 5.21 Å². The van der Waals surface area contributed by atoms with Crippen LogP contribution in [0.2, 0.25) is 0 Å². The fourth-order valence-corrected chi connectivity index (χ4v) is 1.14. The van der Waals surface area contributed by atoms with Crippen molar-refractivity contribution in [3.63, 3.8) is 0 Å². The van der Waals surface area contributed by atoms with Crippen LogP contribution in [-0.2, 0) is 16.0 Å².